The number of unbranched alkanes of at least 4 members (excludes halogenated alkanes) is 3. The lowest BCUT2D eigenvalue weighted by Crippen LogP contribution is -2.29. The quantitative estimate of drug-likeness (QED) is 0.680. The molecule has 0 atom stereocenters. The van der Waals surface area contributed by atoms with Gasteiger partial charge in [0.05, 0.1) is 11.7 Å². The topological polar surface area (TPSA) is 48.8 Å². The molecule has 0 saturated heterocycles. The molecule has 102 valence electrons. The van der Waals surface area contributed by atoms with Crippen molar-refractivity contribution in [1.82, 2.24) is 10.6 Å². The summed E-state index contributed by atoms with van der Waals surface area (Å²) in [7, 11) is 0. The zero-order valence-electron chi connectivity index (χ0n) is 11.4. The number of nitrogens with zero attached hydrogens (tertiary/aromatic N) is 2. The summed E-state index contributed by atoms with van der Waals surface area (Å²) in [4.78, 5) is 8.99. The van der Waals surface area contributed by atoms with Crippen LogP contribution in [-0.4, -0.2) is 37.9 Å². The highest BCUT2D eigenvalue weighted by Gasteiger charge is 2.04. The smallest absolute Gasteiger partial charge is 0.0963 e. The van der Waals surface area contributed by atoms with Crippen LogP contribution in [0.1, 0.15) is 51.4 Å². The normalized spacial score (nSPS) is 19.6. The van der Waals surface area contributed by atoms with Gasteiger partial charge >= 0.3 is 0 Å². The molecule has 2 rings (SSSR count). The summed E-state index contributed by atoms with van der Waals surface area (Å²) in [6, 6.07) is 0. The van der Waals surface area contributed by atoms with Gasteiger partial charge in [0.25, 0.3) is 0 Å². The Morgan fingerprint density at radius 3 is 1.61 bits per heavy atom. The first kappa shape index (κ1) is 13.4. The fraction of sp³-hybridized carbons (Fsp3) is 0.857. The second-order valence-electron chi connectivity index (χ2n) is 5.13. The molecule has 0 aromatic carbocycles. The van der Waals surface area contributed by atoms with E-state index >= 15 is 0 Å². The van der Waals surface area contributed by atoms with Crippen LogP contribution >= 0.6 is 0 Å². The third-order valence-electron chi connectivity index (χ3n) is 3.51. The average molecular weight is 250 g/mol. The third kappa shape index (κ3) is 5.07. The molecule has 0 unspecified atom stereocenters. The summed E-state index contributed by atoms with van der Waals surface area (Å²) >= 11 is 0. The van der Waals surface area contributed by atoms with E-state index < -0.39 is 0 Å². The first-order valence-corrected chi connectivity index (χ1v) is 7.49. The molecular formula is C14H26N4. The van der Waals surface area contributed by atoms with Gasteiger partial charge in [0, 0.05) is 39.0 Å². The molecule has 2 N–H and O–H groups in total. The van der Waals surface area contributed by atoms with Gasteiger partial charge < -0.3 is 10.6 Å². The molecule has 2 aliphatic rings. The molecule has 0 aromatic rings. The highest BCUT2D eigenvalue weighted by Crippen LogP contribution is 2.08. The van der Waals surface area contributed by atoms with E-state index in [4.69, 9.17) is 0 Å². The lowest BCUT2D eigenvalue weighted by Gasteiger charge is -2.15. The molecule has 2 aliphatic heterocycles. The van der Waals surface area contributed by atoms with E-state index in [1.165, 1.54) is 50.2 Å². The van der Waals surface area contributed by atoms with Crippen molar-refractivity contribution < 1.29 is 0 Å². The number of amidine groups is 2. The Morgan fingerprint density at radius 2 is 1.22 bits per heavy atom. The molecular weight excluding hydrogens is 224 g/mol. The molecule has 0 fully saturated rings. The number of aliphatic imine (C=N–C) groups is 2. The Labute approximate surface area is 110 Å². The van der Waals surface area contributed by atoms with Gasteiger partial charge in [0.1, 0.15) is 0 Å². The van der Waals surface area contributed by atoms with Gasteiger partial charge in [0.15, 0.2) is 0 Å². The second-order valence-corrected chi connectivity index (χ2v) is 5.13. The van der Waals surface area contributed by atoms with Crippen LogP contribution in [0.15, 0.2) is 9.98 Å². The van der Waals surface area contributed by atoms with Crippen LogP contribution in [0.4, 0.5) is 0 Å². The van der Waals surface area contributed by atoms with Crippen molar-refractivity contribution in [3.05, 3.63) is 0 Å². The van der Waals surface area contributed by atoms with Crippen molar-refractivity contribution >= 4 is 11.7 Å². The molecule has 0 amide bonds. The number of hydrogen-bond acceptors (Lipinski definition) is 4. The monoisotopic (exact) mass is 250 g/mol. The summed E-state index contributed by atoms with van der Waals surface area (Å²) in [6.07, 6.45) is 9.83. The van der Waals surface area contributed by atoms with Gasteiger partial charge in [0.2, 0.25) is 0 Å². The molecule has 2 heterocycles. The maximum absolute atomic E-state index is 4.50. The molecule has 0 saturated carbocycles. The van der Waals surface area contributed by atoms with Gasteiger partial charge in [-0.1, -0.05) is 12.8 Å². The molecule has 0 aromatic heterocycles. The average Bonchev–Trinajstić information content (AvgIpc) is 2.45. The van der Waals surface area contributed by atoms with Crippen LogP contribution in [0.25, 0.3) is 0 Å². The first-order valence-electron chi connectivity index (χ1n) is 7.49. The first-order chi connectivity index (χ1) is 8.95. The Morgan fingerprint density at radius 1 is 0.722 bits per heavy atom. The maximum atomic E-state index is 4.50. The summed E-state index contributed by atoms with van der Waals surface area (Å²) < 4.78 is 0. The minimum absolute atomic E-state index is 1.02. The van der Waals surface area contributed by atoms with E-state index in [2.05, 4.69) is 20.6 Å². The van der Waals surface area contributed by atoms with Gasteiger partial charge in [-0.15, -0.1) is 0 Å². The van der Waals surface area contributed by atoms with E-state index in [-0.39, 0.29) is 0 Å². The summed E-state index contributed by atoms with van der Waals surface area (Å²) in [5, 5.41) is 6.77. The Kier molecular flexibility index (Phi) is 6.03. The van der Waals surface area contributed by atoms with E-state index in [9.17, 15) is 0 Å². The molecule has 0 aliphatic carbocycles. The van der Waals surface area contributed by atoms with Gasteiger partial charge in [-0.25, -0.2) is 0 Å². The minimum atomic E-state index is 1.02. The van der Waals surface area contributed by atoms with Crippen molar-refractivity contribution in [1.29, 1.82) is 0 Å². The van der Waals surface area contributed by atoms with Crippen LogP contribution in [0.2, 0.25) is 0 Å². The minimum Gasteiger partial charge on any atom is -0.374 e. The predicted octanol–water partition coefficient (Wildman–Crippen LogP) is 2.11. The van der Waals surface area contributed by atoms with E-state index in [0.29, 0.717) is 0 Å². The molecule has 0 bridgehead atoms. The van der Waals surface area contributed by atoms with E-state index in [1.54, 1.807) is 0 Å². The fourth-order valence-electron chi connectivity index (χ4n) is 2.44. The van der Waals surface area contributed by atoms with Crippen LogP contribution in [0, 0.1) is 0 Å². The van der Waals surface area contributed by atoms with Gasteiger partial charge in [-0.3, -0.25) is 9.98 Å². The zero-order valence-corrected chi connectivity index (χ0v) is 11.4. The van der Waals surface area contributed by atoms with E-state index in [1.807, 2.05) is 0 Å². The third-order valence-corrected chi connectivity index (χ3v) is 3.51. The number of hydrogen-bond donors (Lipinski definition) is 2. The fourth-order valence-corrected chi connectivity index (χ4v) is 2.44. The van der Waals surface area contributed by atoms with Crippen LogP contribution in [-0.2, 0) is 0 Å². The van der Waals surface area contributed by atoms with Crippen molar-refractivity contribution in [3.63, 3.8) is 0 Å². The molecule has 0 radical (unpaired) electrons. The highest BCUT2D eigenvalue weighted by atomic mass is 15.0. The Hall–Kier alpha value is -1.06. The molecule has 4 heteroatoms. The van der Waals surface area contributed by atoms with Crippen molar-refractivity contribution in [2.75, 3.05) is 26.2 Å². The molecule has 18 heavy (non-hydrogen) atoms. The van der Waals surface area contributed by atoms with Crippen LogP contribution < -0.4 is 10.6 Å². The Balaban J connectivity index is 1.46. The lowest BCUT2D eigenvalue weighted by molar-refractivity contribution is 0.637. The predicted molar refractivity (Wildman–Crippen MR) is 77.5 cm³/mol. The summed E-state index contributed by atoms with van der Waals surface area (Å²) in [6.45, 7) is 4.27. The van der Waals surface area contributed by atoms with Crippen LogP contribution in [0.3, 0.4) is 0 Å². The maximum Gasteiger partial charge on any atom is 0.0963 e. The standard InChI is InChI=1S/C14H26N4/c1(3-7-13-15-9-5-10-16-13)2-4-8-14-17-11-6-12-18-14/h1-12H2,(H,15,16)(H,17,18). The van der Waals surface area contributed by atoms with Crippen molar-refractivity contribution in [2.45, 2.75) is 51.4 Å². The molecule has 4 nitrogen and oxygen atoms in total. The lowest BCUT2D eigenvalue weighted by atomic mass is 10.1. The largest absolute Gasteiger partial charge is 0.374 e. The highest BCUT2D eigenvalue weighted by molar-refractivity contribution is 5.83. The second kappa shape index (κ2) is 8.11. The summed E-state index contributed by atoms with van der Waals surface area (Å²) in [5.74, 6) is 2.47. The number of nitrogens with one attached hydrogen (secondary N) is 2. The summed E-state index contributed by atoms with van der Waals surface area (Å²) in [5.41, 5.74) is 0. The van der Waals surface area contributed by atoms with Crippen molar-refractivity contribution in [3.8, 4) is 0 Å². The van der Waals surface area contributed by atoms with Crippen LogP contribution in [0.5, 0.6) is 0 Å². The Bertz CT molecular complexity index is 266. The SMILES string of the molecule is C(CCCC1=NCCCN1)CCC1=NCCCN1. The zero-order chi connectivity index (χ0) is 12.5. The van der Waals surface area contributed by atoms with Gasteiger partial charge in [-0.2, -0.15) is 0 Å². The van der Waals surface area contributed by atoms with Gasteiger partial charge in [-0.05, 0) is 25.7 Å². The van der Waals surface area contributed by atoms with E-state index in [0.717, 1.165) is 39.0 Å². The van der Waals surface area contributed by atoms with Crippen molar-refractivity contribution in [2.24, 2.45) is 9.98 Å². The molecule has 0 spiro atoms. The number of rotatable bonds is 7.